The fraction of sp³-hybridized carbons (Fsp3) is 0.538. The minimum Gasteiger partial charge on any atom is -0.312 e. The van der Waals surface area contributed by atoms with Gasteiger partial charge >= 0.3 is 0 Å². The van der Waals surface area contributed by atoms with Crippen LogP contribution in [0.5, 0.6) is 0 Å². The predicted octanol–water partition coefficient (Wildman–Crippen LogP) is 1.11. The molecular formula is C13H17N3O4S. The molecule has 0 bridgehead atoms. The average molecular weight is 311 g/mol. The number of sulfonamides is 1. The van der Waals surface area contributed by atoms with Crippen molar-refractivity contribution in [2.45, 2.75) is 36.2 Å². The van der Waals surface area contributed by atoms with E-state index in [9.17, 15) is 18.5 Å². The minimum atomic E-state index is -3.59. The molecule has 0 radical (unpaired) electrons. The molecule has 0 saturated carbocycles. The Morgan fingerprint density at radius 2 is 1.95 bits per heavy atom. The predicted molar refractivity (Wildman–Crippen MR) is 76.4 cm³/mol. The highest BCUT2D eigenvalue weighted by Gasteiger charge is 2.41. The molecule has 0 amide bonds. The number of piperidine rings is 1. The number of nitrogens with one attached hydrogen (secondary N) is 1. The lowest BCUT2D eigenvalue weighted by molar-refractivity contribution is -0.384. The number of nitro benzene ring substituents is 1. The molecule has 1 aromatic rings. The van der Waals surface area contributed by atoms with Crippen molar-refractivity contribution in [1.82, 2.24) is 9.62 Å². The Kier molecular flexibility index (Phi) is 3.68. The first-order valence-corrected chi connectivity index (χ1v) is 8.44. The third kappa shape index (κ3) is 2.54. The van der Waals surface area contributed by atoms with Crippen LogP contribution in [0.4, 0.5) is 5.69 Å². The van der Waals surface area contributed by atoms with Crippen LogP contribution in [0.2, 0.25) is 0 Å². The third-order valence-corrected chi connectivity index (χ3v) is 6.17. The monoisotopic (exact) mass is 311 g/mol. The molecule has 2 aliphatic rings. The average Bonchev–Trinajstić information content (AvgIpc) is 2.95. The first kappa shape index (κ1) is 14.4. The molecule has 0 aliphatic carbocycles. The smallest absolute Gasteiger partial charge is 0.269 e. The van der Waals surface area contributed by atoms with E-state index in [0.29, 0.717) is 6.54 Å². The molecule has 2 fully saturated rings. The van der Waals surface area contributed by atoms with Gasteiger partial charge in [-0.05, 0) is 37.9 Å². The topological polar surface area (TPSA) is 92.5 Å². The Morgan fingerprint density at radius 3 is 2.62 bits per heavy atom. The van der Waals surface area contributed by atoms with Crippen molar-refractivity contribution < 1.29 is 13.3 Å². The van der Waals surface area contributed by atoms with Crippen LogP contribution >= 0.6 is 0 Å². The Labute approximate surface area is 123 Å². The minimum absolute atomic E-state index is 0.000980. The van der Waals surface area contributed by atoms with E-state index in [1.165, 1.54) is 24.3 Å². The normalized spacial score (nSPS) is 26.5. The molecule has 2 atom stereocenters. The van der Waals surface area contributed by atoms with Crippen LogP contribution in [0.25, 0.3) is 0 Å². The zero-order valence-electron chi connectivity index (χ0n) is 11.4. The molecule has 2 unspecified atom stereocenters. The molecule has 21 heavy (non-hydrogen) atoms. The van der Waals surface area contributed by atoms with Gasteiger partial charge < -0.3 is 5.32 Å². The van der Waals surface area contributed by atoms with Gasteiger partial charge in [-0.1, -0.05) is 0 Å². The van der Waals surface area contributed by atoms with Crippen LogP contribution in [0.15, 0.2) is 29.2 Å². The number of fused-ring (bicyclic) bond motifs is 1. The second-order valence-electron chi connectivity index (χ2n) is 5.43. The van der Waals surface area contributed by atoms with Crippen molar-refractivity contribution in [1.29, 1.82) is 0 Å². The zero-order chi connectivity index (χ0) is 15.0. The molecule has 1 aromatic carbocycles. The summed E-state index contributed by atoms with van der Waals surface area (Å²) in [5, 5.41) is 14.0. The first-order chi connectivity index (χ1) is 10.00. The standard InChI is InChI=1S/C13H17N3O4S/c17-16(18)10-3-5-11(6-4-10)21(19,20)15-9-1-2-12-13(15)7-8-14-12/h3-6,12-14H,1-2,7-9H2. The van der Waals surface area contributed by atoms with E-state index in [0.717, 1.165) is 25.8 Å². The molecule has 1 N–H and O–H groups in total. The number of nitro groups is 1. The first-order valence-electron chi connectivity index (χ1n) is 7.00. The van der Waals surface area contributed by atoms with E-state index in [2.05, 4.69) is 5.32 Å². The van der Waals surface area contributed by atoms with Crippen LogP contribution < -0.4 is 5.32 Å². The quantitative estimate of drug-likeness (QED) is 0.667. The van der Waals surface area contributed by atoms with Crippen molar-refractivity contribution in [3.05, 3.63) is 34.4 Å². The lowest BCUT2D eigenvalue weighted by atomic mass is 10.0. The van der Waals surface area contributed by atoms with Gasteiger partial charge in [0.2, 0.25) is 10.0 Å². The lowest BCUT2D eigenvalue weighted by Gasteiger charge is -2.36. The summed E-state index contributed by atoms with van der Waals surface area (Å²) in [6.07, 6.45) is 2.65. The van der Waals surface area contributed by atoms with Crippen LogP contribution in [-0.2, 0) is 10.0 Å². The van der Waals surface area contributed by atoms with Crippen molar-refractivity contribution in [3.8, 4) is 0 Å². The molecular weight excluding hydrogens is 294 g/mol. The van der Waals surface area contributed by atoms with Crippen LogP contribution in [0.1, 0.15) is 19.3 Å². The van der Waals surface area contributed by atoms with E-state index in [1.807, 2.05) is 0 Å². The van der Waals surface area contributed by atoms with Crippen molar-refractivity contribution in [2.24, 2.45) is 0 Å². The van der Waals surface area contributed by atoms with E-state index < -0.39 is 14.9 Å². The molecule has 0 spiro atoms. The Balaban J connectivity index is 1.90. The van der Waals surface area contributed by atoms with Crippen molar-refractivity contribution >= 4 is 15.7 Å². The van der Waals surface area contributed by atoms with Crippen LogP contribution in [-0.4, -0.2) is 42.8 Å². The highest BCUT2D eigenvalue weighted by molar-refractivity contribution is 7.89. The van der Waals surface area contributed by atoms with Crippen molar-refractivity contribution in [2.75, 3.05) is 13.1 Å². The number of rotatable bonds is 3. The van der Waals surface area contributed by atoms with E-state index >= 15 is 0 Å². The molecule has 2 aliphatic heterocycles. The summed E-state index contributed by atoms with van der Waals surface area (Å²) in [5.41, 5.74) is -0.104. The maximum Gasteiger partial charge on any atom is 0.269 e. The van der Waals surface area contributed by atoms with Crippen LogP contribution in [0, 0.1) is 10.1 Å². The third-order valence-electron chi connectivity index (χ3n) is 4.23. The maximum absolute atomic E-state index is 12.7. The molecule has 2 saturated heterocycles. The number of nitrogens with zero attached hydrogens (tertiary/aromatic N) is 2. The summed E-state index contributed by atoms with van der Waals surface area (Å²) >= 11 is 0. The van der Waals surface area contributed by atoms with Gasteiger partial charge in [0.15, 0.2) is 0 Å². The fourth-order valence-corrected chi connectivity index (χ4v) is 4.93. The van der Waals surface area contributed by atoms with Gasteiger partial charge in [-0.3, -0.25) is 10.1 Å². The van der Waals surface area contributed by atoms with Gasteiger partial charge in [-0.15, -0.1) is 0 Å². The second kappa shape index (κ2) is 5.36. The summed E-state index contributed by atoms with van der Waals surface area (Å²) in [5.74, 6) is 0. The van der Waals surface area contributed by atoms with Gasteiger partial charge in [0, 0.05) is 30.8 Å². The maximum atomic E-state index is 12.7. The summed E-state index contributed by atoms with van der Waals surface area (Å²) in [6.45, 7) is 1.35. The highest BCUT2D eigenvalue weighted by atomic mass is 32.2. The molecule has 0 aromatic heterocycles. The number of hydrogen-bond donors (Lipinski definition) is 1. The van der Waals surface area contributed by atoms with Crippen LogP contribution in [0.3, 0.4) is 0 Å². The second-order valence-corrected chi connectivity index (χ2v) is 7.32. The molecule has 114 valence electrons. The van der Waals surface area contributed by atoms with E-state index in [4.69, 9.17) is 0 Å². The Bertz CT molecular complexity index is 644. The summed E-state index contributed by atoms with van der Waals surface area (Å²) in [6, 6.07) is 5.34. The SMILES string of the molecule is O=[N+]([O-])c1ccc(S(=O)(=O)N2CCCC3NCCC32)cc1. The van der Waals surface area contributed by atoms with Gasteiger partial charge in [0.1, 0.15) is 0 Å². The summed E-state index contributed by atoms with van der Waals surface area (Å²) in [7, 11) is -3.59. The largest absolute Gasteiger partial charge is 0.312 e. The lowest BCUT2D eigenvalue weighted by Crippen LogP contribution is -2.50. The zero-order valence-corrected chi connectivity index (χ0v) is 12.3. The van der Waals surface area contributed by atoms with E-state index in [-0.39, 0.29) is 22.7 Å². The fourth-order valence-electron chi connectivity index (χ4n) is 3.20. The molecule has 7 nitrogen and oxygen atoms in total. The molecule has 8 heteroatoms. The van der Waals surface area contributed by atoms with Gasteiger partial charge in [-0.25, -0.2) is 8.42 Å². The van der Waals surface area contributed by atoms with Crippen molar-refractivity contribution in [3.63, 3.8) is 0 Å². The number of hydrogen-bond acceptors (Lipinski definition) is 5. The Morgan fingerprint density at radius 1 is 1.24 bits per heavy atom. The van der Waals surface area contributed by atoms with Gasteiger partial charge in [0.05, 0.1) is 9.82 Å². The van der Waals surface area contributed by atoms with Gasteiger partial charge in [-0.2, -0.15) is 4.31 Å². The number of non-ortho nitro benzene ring substituents is 1. The summed E-state index contributed by atoms with van der Waals surface area (Å²) < 4.78 is 27.0. The molecule has 2 heterocycles. The van der Waals surface area contributed by atoms with Gasteiger partial charge in [0.25, 0.3) is 5.69 Å². The van der Waals surface area contributed by atoms with E-state index in [1.54, 1.807) is 4.31 Å². The highest BCUT2D eigenvalue weighted by Crippen LogP contribution is 2.30. The summed E-state index contributed by atoms with van der Waals surface area (Å²) in [4.78, 5) is 10.2. The number of benzene rings is 1. The Hall–Kier alpha value is -1.51. The molecule has 3 rings (SSSR count).